The molecule has 1 aromatic heterocycles. The van der Waals surface area contributed by atoms with Gasteiger partial charge in [0.05, 0.1) is 19.2 Å². The van der Waals surface area contributed by atoms with Crippen molar-refractivity contribution in [2.24, 2.45) is 0 Å². The maximum atomic E-state index is 10.8. The molecule has 0 fully saturated rings. The van der Waals surface area contributed by atoms with Crippen LogP contribution in [0.1, 0.15) is 41.1 Å². The predicted molar refractivity (Wildman–Crippen MR) is 78.5 cm³/mol. The highest BCUT2D eigenvalue weighted by Gasteiger charge is 2.12. The van der Waals surface area contributed by atoms with Crippen LogP contribution in [0, 0.1) is 0 Å². The highest BCUT2D eigenvalue weighted by atomic mass is 16.5. The molecule has 1 unspecified atom stereocenters. The van der Waals surface area contributed by atoms with Gasteiger partial charge in [0.25, 0.3) is 0 Å². The molecule has 1 aromatic carbocycles. The molecular weight excluding hydrogens is 270 g/mol. The van der Waals surface area contributed by atoms with Gasteiger partial charge in [-0.25, -0.2) is 4.79 Å². The van der Waals surface area contributed by atoms with Gasteiger partial charge in [0, 0.05) is 6.04 Å². The number of nitrogens with one attached hydrogen (secondary N) is 1. The van der Waals surface area contributed by atoms with Crippen molar-refractivity contribution < 1.29 is 19.1 Å². The average molecular weight is 289 g/mol. The Morgan fingerprint density at radius 3 is 2.62 bits per heavy atom. The number of furan rings is 1. The van der Waals surface area contributed by atoms with E-state index in [0.717, 1.165) is 17.7 Å². The number of aromatic carboxylic acids is 1. The van der Waals surface area contributed by atoms with Crippen molar-refractivity contribution >= 4 is 5.97 Å². The number of carboxylic acid groups (broad SMARTS) is 1. The zero-order valence-electron chi connectivity index (χ0n) is 12.1. The van der Waals surface area contributed by atoms with Gasteiger partial charge in [-0.15, -0.1) is 0 Å². The van der Waals surface area contributed by atoms with E-state index in [1.165, 1.54) is 12.3 Å². The van der Waals surface area contributed by atoms with E-state index in [-0.39, 0.29) is 11.6 Å². The number of carboxylic acids is 1. The zero-order valence-corrected chi connectivity index (χ0v) is 12.1. The lowest BCUT2D eigenvalue weighted by atomic mass is 10.0. The van der Waals surface area contributed by atoms with Crippen LogP contribution >= 0.6 is 0 Å². The summed E-state index contributed by atoms with van der Waals surface area (Å²) in [5.41, 5.74) is 1.33. The summed E-state index contributed by atoms with van der Waals surface area (Å²) >= 11 is 0. The lowest BCUT2D eigenvalue weighted by Crippen LogP contribution is -2.19. The molecule has 1 heterocycles. The molecule has 0 saturated heterocycles. The second kappa shape index (κ2) is 6.95. The van der Waals surface area contributed by atoms with E-state index in [1.54, 1.807) is 7.11 Å². The van der Waals surface area contributed by atoms with Crippen LogP contribution in [-0.4, -0.2) is 18.2 Å². The number of ether oxygens (including phenoxy) is 1. The summed E-state index contributed by atoms with van der Waals surface area (Å²) in [5.74, 6) is 0.456. The van der Waals surface area contributed by atoms with Crippen LogP contribution < -0.4 is 10.1 Å². The minimum atomic E-state index is -0.979. The Bertz CT molecular complexity index is 589. The summed E-state index contributed by atoms with van der Waals surface area (Å²) in [6.45, 7) is 2.57. The van der Waals surface area contributed by atoms with E-state index in [2.05, 4.69) is 12.2 Å². The zero-order chi connectivity index (χ0) is 15.2. The van der Waals surface area contributed by atoms with Crippen molar-refractivity contribution in [2.75, 3.05) is 7.11 Å². The van der Waals surface area contributed by atoms with Gasteiger partial charge < -0.3 is 19.6 Å². The lowest BCUT2D eigenvalue weighted by Gasteiger charge is -2.17. The molecule has 0 spiro atoms. The van der Waals surface area contributed by atoms with Crippen LogP contribution in [0.5, 0.6) is 5.75 Å². The molecule has 2 rings (SSSR count). The van der Waals surface area contributed by atoms with E-state index in [1.807, 2.05) is 24.3 Å². The fourth-order valence-corrected chi connectivity index (χ4v) is 2.14. The largest absolute Gasteiger partial charge is 0.497 e. The Morgan fingerprint density at radius 1 is 1.38 bits per heavy atom. The maximum Gasteiger partial charge on any atom is 0.338 e. The monoisotopic (exact) mass is 289 g/mol. The second-order valence-electron chi connectivity index (χ2n) is 4.72. The van der Waals surface area contributed by atoms with Gasteiger partial charge in [0.2, 0.25) is 0 Å². The number of carbonyl (C=O) groups is 1. The number of hydrogen-bond acceptors (Lipinski definition) is 4. The molecule has 0 amide bonds. The first-order valence-corrected chi connectivity index (χ1v) is 6.82. The van der Waals surface area contributed by atoms with Crippen molar-refractivity contribution in [1.29, 1.82) is 0 Å². The summed E-state index contributed by atoms with van der Waals surface area (Å²) < 4.78 is 10.4. The Morgan fingerprint density at radius 2 is 2.10 bits per heavy atom. The minimum Gasteiger partial charge on any atom is -0.497 e. The standard InChI is InChI=1S/C16H19NO4/c1-3-15(11-4-6-13(20-2)7-5-11)17-9-14-8-12(10-21-14)16(18)19/h4-8,10,15,17H,3,9H2,1-2H3,(H,18,19). The molecule has 0 bridgehead atoms. The van der Waals surface area contributed by atoms with Gasteiger partial charge in [-0.2, -0.15) is 0 Å². The highest BCUT2D eigenvalue weighted by molar-refractivity contribution is 5.87. The summed E-state index contributed by atoms with van der Waals surface area (Å²) in [6, 6.07) is 9.60. The molecule has 5 nitrogen and oxygen atoms in total. The summed E-state index contributed by atoms with van der Waals surface area (Å²) in [7, 11) is 1.64. The SMILES string of the molecule is CCC(NCc1cc(C(=O)O)co1)c1ccc(OC)cc1. The molecule has 0 aliphatic heterocycles. The van der Waals surface area contributed by atoms with Crippen molar-refractivity contribution in [3.63, 3.8) is 0 Å². The Balaban J connectivity index is 1.99. The summed E-state index contributed by atoms with van der Waals surface area (Å²) in [5, 5.41) is 12.2. The van der Waals surface area contributed by atoms with Crippen molar-refractivity contribution in [1.82, 2.24) is 5.32 Å². The quantitative estimate of drug-likeness (QED) is 0.818. The van der Waals surface area contributed by atoms with Crippen molar-refractivity contribution in [3.05, 3.63) is 53.5 Å². The fraction of sp³-hybridized carbons (Fsp3) is 0.312. The number of rotatable bonds is 7. The van der Waals surface area contributed by atoms with Gasteiger partial charge >= 0.3 is 5.97 Å². The van der Waals surface area contributed by atoms with Crippen LogP contribution in [0.4, 0.5) is 0 Å². The van der Waals surface area contributed by atoms with Crippen molar-refractivity contribution in [3.8, 4) is 5.75 Å². The lowest BCUT2D eigenvalue weighted by molar-refractivity contribution is 0.0696. The van der Waals surface area contributed by atoms with Gasteiger partial charge in [-0.1, -0.05) is 19.1 Å². The fourth-order valence-electron chi connectivity index (χ4n) is 2.14. The Hall–Kier alpha value is -2.27. The van der Waals surface area contributed by atoms with E-state index < -0.39 is 5.97 Å². The molecule has 112 valence electrons. The second-order valence-corrected chi connectivity index (χ2v) is 4.72. The average Bonchev–Trinajstić information content (AvgIpc) is 2.98. The molecule has 5 heteroatoms. The van der Waals surface area contributed by atoms with Crippen LogP contribution in [0.15, 0.2) is 41.0 Å². The summed E-state index contributed by atoms with van der Waals surface area (Å²) in [6.07, 6.45) is 2.17. The Kier molecular flexibility index (Phi) is 5.00. The van der Waals surface area contributed by atoms with E-state index >= 15 is 0 Å². The van der Waals surface area contributed by atoms with E-state index in [0.29, 0.717) is 12.3 Å². The third-order valence-corrected chi connectivity index (χ3v) is 3.35. The number of hydrogen-bond donors (Lipinski definition) is 2. The number of benzene rings is 1. The summed E-state index contributed by atoms with van der Waals surface area (Å²) in [4.78, 5) is 10.8. The molecule has 2 N–H and O–H groups in total. The molecule has 1 atom stereocenters. The van der Waals surface area contributed by atoms with Gasteiger partial charge in [0.15, 0.2) is 0 Å². The Labute approximate surface area is 123 Å². The third kappa shape index (κ3) is 3.86. The van der Waals surface area contributed by atoms with Gasteiger partial charge in [-0.3, -0.25) is 0 Å². The third-order valence-electron chi connectivity index (χ3n) is 3.35. The molecular formula is C16H19NO4. The van der Waals surface area contributed by atoms with Crippen LogP contribution in [0.25, 0.3) is 0 Å². The highest BCUT2D eigenvalue weighted by Crippen LogP contribution is 2.20. The van der Waals surface area contributed by atoms with E-state index in [4.69, 9.17) is 14.3 Å². The molecule has 2 aromatic rings. The van der Waals surface area contributed by atoms with Gasteiger partial charge in [0.1, 0.15) is 17.8 Å². The first-order valence-electron chi connectivity index (χ1n) is 6.82. The van der Waals surface area contributed by atoms with E-state index in [9.17, 15) is 4.79 Å². The van der Waals surface area contributed by atoms with Crippen LogP contribution in [0.3, 0.4) is 0 Å². The predicted octanol–water partition coefficient (Wildman–Crippen LogP) is 3.23. The normalized spacial score (nSPS) is 12.1. The molecule has 0 radical (unpaired) electrons. The van der Waals surface area contributed by atoms with Crippen molar-refractivity contribution in [2.45, 2.75) is 25.9 Å². The first kappa shape index (κ1) is 15.1. The first-order chi connectivity index (χ1) is 10.1. The van der Waals surface area contributed by atoms with Crippen LogP contribution in [0.2, 0.25) is 0 Å². The molecule has 0 saturated carbocycles. The molecule has 21 heavy (non-hydrogen) atoms. The molecule has 0 aliphatic carbocycles. The smallest absolute Gasteiger partial charge is 0.338 e. The van der Waals surface area contributed by atoms with Crippen LogP contribution in [-0.2, 0) is 6.54 Å². The molecule has 0 aliphatic rings. The topological polar surface area (TPSA) is 71.7 Å². The maximum absolute atomic E-state index is 10.8. The van der Waals surface area contributed by atoms with Gasteiger partial charge in [-0.05, 0) is 30.2 Å². The number of methoxy groups -OCH3 is 1. The minimum absolute atomic E-state index is 0.171.